The van der Waals surface area contributed by atoms with Gasteiger partial charge in [-0.15, -0.1) is 0 Å². The Balaban J connectivity index is 1.79. The second-order valence-corrected chi connectivity index (χ2v) is 7.25. The van der Waals surface area contributed by atoms with Crippen LogP contribution in [-0.2, 0) is 5.41 Å². The standard InChI is InChI=1S/C20H26N2OS/c1-15-9-11-16(12-10-15)22-19(24)21-13-14-23-18-8-6-5-7-17(18)20(2,3)4/h5-12H,13-14H2,1-4H3,(H2,21,22,24). The maximum atomic E-state index is 5.93. The molecule has 2 N–H and O–H groups in total. The number of nitrogens with one attached hydrogen (secondary N) is 2. The molecule has 128 valence electrons. The molecule has 0 aliphatic rings. The molecule has 0 radical (unpaired) electrons. The van der Waals surface area contributed by atoms with Crippen molar-refractivity contribution in [3.8, 4) is 5.75 Å². The molecular weight excluding hydrogens is 316 g/mol. The molecule has 2 aromatic rings. The summed E-state index contributed by atoms with van der Waals surface area (Å²) >= 11 is 5.31. The second-order valence-electron chi connectivity index (χ2n) is 6.84. The number of aryl methyl sites for hydroxylation is 1. The third kappa shape index (κ3) is 5.53. The van der Waals surface area contributed by atoms with Gasteiger partial charge < -0.3 is 15.4 Å². The Hall–Kier alpha value is -2.07. The van der Waals surface area contributed by atoms with E-state index in [2.05, 4.69) is 56.5 Å². The van der Waals surface area contributed by atoms with Crippen molar-refractivity contribution >= 4 is 23.0 Å². The van der Waals surface area contributed by atoms with Crippen LogP contribution in [0.2, 0.25) is 0 Å². The summed E-state index contributed by atoms with van der Waals surface area (Å²) in [7, 11) is 0. The molecule has 0 aliphatic carbocycles. The molecule has 0 atom stereocenters. The predicted octanol–water partition coefficient (Wildman–Crippen LogP) is 4.66. The lowest BCUT2D eigenvalue weighted by molar-refractivity contribution is 0.313. The van der Waals surface area contributed by atoms with Crippen LogP contribution in [0.15, 0.2) is 48.5 Å². The number of anilines is 1. The molecule has 4 heteroatoms. The van der Waals surface area contributed by atoms with Gasteiger partial charge in [-0.25, -0.2) is 0 Å². The van der Waals surface area contributed by atoms with E-state index in [1.54, 1.807) is 0 Å². The van der Waals surface area contributed by atoms with Gasteiger partial charge in [0.15, 0.2) is 5.11 Å². The summed E-state index contributed by atoms with van der Waals surface area (Å²) in [6.07, 6.45) is 0. The van der Waals surface area contributed by atoms with Gasteiger partial charge in [-0.3, -0.25) is 0 Å². The normalized spacial score (nSPS) is 11.0. The van der Waals surface area contributed by atoms with Crippen LogP contribution >= 0.6 is 12.2 Å². The number of hydrogen-bond acceptors (Lipinski definition) is 2. The van der Waals surface area contributed by atoms with Crippen LogP contribution in [0.1, 0.15) is 31.9 Å². The van der Waals surface area contributed by atoms with Crippen molar-refractivity contribution in [2.75, 3.05) is 18.5 Å². The molecule has 0 aliphatic heterocycles. The molecule has 24 heavy (non-hydrogen) atoms. The number of benzene rings is 2. The Kier molecular flexibility index (Phi) is 6.21. The highest BCUT2D eigenvalue weighted by Crippen LogP contribution is 2.30. The Morgan fingerprint density at radius 1 is 1.04 bits per heavy atom. The van der Waals surface area contributed by atoms with Gasteiger partial charge in [0, 0.05) is 5.69 Å². The number of hydrogen-bond donors (Lipinski definition) is 2. The summed E-state index contributed by atoms with van der Waals surface area (Å²) in [4.78, 5) is 0. The molecule has 3 nitrogen and oxygen atoms in total. The average molecular weight is 343 g/mol. The van der Waals surface area contributed by atoms with Crippen LogP contribution in [0.25, 0.3) is 0 Å². The van der Waals surface area contributed by atoms with Gasteiger partial charge in [-0.2, -0.15) is 0 Å². The van der Waals surface area contributed by atoms with Crippen LogP contribution in [0.3, 0.4) is 0 Å². The highest BCUT2D eigenvalue weighted by Gasteiger charge is 2.18. The molecule has 0 heterocycles. The van der Waals surface area contributed by atoms with Crippen molar-refractivity contribution in [3.63, 3.8) is 0 Å². The van der Waals surface area contributed by atoms with E-state index in [9.17, 15) is 0 Å². The third-order valence-corrected chi connectivity index (χ3v) is 3.90. The highest BCUT2D eigenvalue weighted by molar-refractivity contribution is 7.80. The Bertz CT molecular complexity index is 675. The zero-order valence-corrected chi connectivity index (χ0v) is 15.7. The van der Waals surface area contributed by atoms with E-state index in [1.807, 2.05) is 30.3 Å². The maximum Gasteiger partial charge on any atom is 0.170 e. The quantitative estimate of drug-likeness (QED) is 0.612. The minimum atomic E-state index is 0.0618. The SMILES string of the molecule is Cc1ccc(NC(=S)NCCOc2ccccc2C(C)(C)C)cc1. The van der Waals surface area contributed by atoms with Crippen LogP contribution < -0.4 is 15.4 Å². The van der Waals surface area contributed by atoms with E-state index in [-0.39, 0.29) is 5.41 Å². The average Bonchev–Trinajstić information content (AvgIpc) is 2.53. The molecule has 0 saturated carbocycles. The van der Waals surface area contributed by atoms with Crippen molar-refractivity contribution < 1.29 is 4.74 Å². The predicted molar refractivity (Wildman–Crippen MR) is 106 cm³/mol. The minimum Gasteiger partial charge on any atom is -0.491 e. The van der Waals surface area contributed by atoms with Crippen molar-refractivity contribution in [1.29, 1.82) is 0 Å². The first-order valence-electron chi connectivity index (χ1n) is 8.20. The van der Waals surface area contributed by atoms with E-state index in [1.165, 1.54) is 11.1 Å². The zero-order chi connectivity index (χ0) is 17.6. The van der Waals surface area contributed by atoms with Gasteiger partial charge in [0.05, 0.1) is 6.54 Å². The molecule has 0 saturated heterocycles. The van der Waals surface area contributed by atoms with E-state index >= 15 is 0 Å². The molecule has 0 spiro atoms. The van der Waals surface area contributed by atoms with Gasteiger partial charge in [0.2, 0.25) is 0 Å². The number of rotatable bonds is 5. The lowest BCUT2D eigenvalue weighted by Gasteiger charge is -2.22. The number of thiocarbonyl (C=S) groups is 1. The summed E-state index contributed by atoms with van der Waals surface area (Å²) < 4.78 is 5.93. The van der Waals surface area contributed by atoms with Crippen LogP contribution in [-0.4, -0.2) is 18.3 Å². The topological polar surface area (TPSA) is 33.3 Å². The second kappa shape index (κ2) is 8.15. The third-order valence-electron chi connectivity index (χ3n) is 3.65. The summed E-state index contributed by atoms with van der Waals surface area (Å²) in [5, 5.41) is 6.94. The van der Waals surface area contributed by atoms with E-state index < -0.39 is 0 Å². The number of ether oxygens (including phenoxy) is 1. The molecule has 0 bridgehead atoms. The Morgan fingerprint density at radius 2 is 1.71 bits per heavy atom. The molecule has 0 fully saturated rings. The lowest BCUT2D eigenvalue weighted by Crippen LogP contribution is -2.32. The highest BCUT2D eigenvalue weighted by atomic mass is 32.1. The molecule has 0 unspecified atom stereocenters. The Morgan fingerprint density at radius 3 is 2.38 bits per heavy atom. The molecular formula is C20H26N2OS. The minimum absolute atomic E-state index is 0.0618. The fraction of sp³-hybridized carbons (Fsp3) is 0.350. The van der Waals surface area contributed by atoms with Gasteiger partial charge >= 0.3 is 0 Å². The fourth-order valence-corrected chi connectivity index (χ4v) is 2.57. The summed E-state index contributed by atoms with van der Waals surface area (Å²) in [5.74, 6) is 0.934. The number of para-hydroxylation sites is 1. The van der Waals surface area contributed by atoms with Crippen molar-refractivity contribution in [3.05, 3.63) is 59.7 Å². The van der Waals surface area contributed by atoms with Crippen molar-refractivity contribution in [1.82, 2.24) is 5.32 Å². The first-order chi connectivity index (χ1) is 11.4. The lowest BCUT2D eigenvalue weighted by atomic mass is 9.86. The van der Waals surface area contributed by atoms with Gasteiger partial charge in [-0.05, 0) is 48.3 Å². The zero-order valence-electron chi connectivity index (χ0n) is 14.8. The van der Waals surface area contributed by atoms with Gasteiger partial charge in [0.1, 0.15) is 12.4 Å². The first kappa shape index (κ1) is 18.3. The molecule has 2 rings (SSSR count). The van der Waals surface area contributed by atoms with Gasteiger partial charge in [-0.1, -0.05) is 56.7 Å². The van der Waals surface area contributed by atoms with Crippen molar-refractivity contribution in [2.45, 2.75) is 33.1 Å². The van der Waals surface area contributed by atoms with Crippen molar-refractivity contribution in [2.24, 2.45) is 0 Å². The fourth-order valence-electron chi connectivity index (χ4n) is 2.35. The maximum absolute atomic E-state index is 5.93. The smallest absolute Gasteiger partial charge is 0.170 e. The van der Waals surface area contributed by atoms with Crippen LogP contribution in [0.5, 0.6) is 5.75 Å². The summed E-state index contributed by atoms with van der Waals surface area (Å²) in [6, 6.07) is 16.3. The Labute approximate surface area is 150 Å². The monoisotopic (exact) mass is 342 g/mol. The first-order valence-corrected chi connectivity index (χ1v) is 8.61. The van der Waals surface area contributed by atoms with E-state index in [0.29, 0.717) is 18.3 Å². The van der Waals surface area contributed by atoms with Gasteiger partial charge in [0.25, 0.3) is 0 Å². The van der Waals surface area contributed by atoms with E-state index in [0.717, 1.165) is 11.4 Å². The molecule has 0 aromatic heterocycles. The summed E-state index contributed by atoms with van der Waals surface area (Å²) in [5.41, 5.74) is 3.49. The van der Waals surface area contributed by atoms with E-state index in [4.69, 9.17) is 17.0 Å². The van der Waals surface area contributed by atoms with Crippen LogP contribution in [0, 0.1) is 6.92 Å². The molecule has 0 amide bonds. The van der Waals surface area contributed by atoms with Crippen LogP contribution in [0.4, 0.5) is 5.69 Å². The summed E-state index contributed by atoms with van der Waals surface area (Å²) in [6.45, 7) is 9.84. The largest absolute Gasteiger partial charge is 0.491 e. The molecule has 2 aromatic carbocycles.